The van der Waals surface area contributed by atoms with Crippen LogP contribution >= 0.6 is 0 Å². The lowest BCUT2D eigenvalue weighted by Gasteiger charge is -2.46. The smallest absolute Gasteiger partial charge is 0.278 e. The Balaban J connectivity index is 2.08. The molecule has 1 fully saturated rings. The number of aliphatic imine (C=N–C) groups is 1. The molecule has 0 radical (unpaired) electrons. The zero-order valence-electron chi connectivity index (χ0n) is 13.2. The summed E-state index contributed by atoms with van der Waals surface area (Å²) in [4.78, 5) is 17.1. The highest BCUT2D eigenvalue weighted by Crippen LogP contribution is 2.36. The van der Waals surface area contributed by atoms with Gasteiger partial charge >= 0.3 is 5.91 Å². The average molecular weight is 286 g/mol. The molecule has 1 aromatic rings. The van der Waals surface area contributed by atoms with Crippen molar-refractivity contribution in [2.45, 2.75) is 26.7 Å². The number of fused-ring (bicyclic) bond motifs is 1. The Morgan fingerprint density at radius 3 is 2.81 bits per heavy atom. The van der Waals surface area contributed by atoms with Crippen molar-refractivity contribution >= 4 is 17.8 Å². The molecule has 1 saturated heterocycles. The number of likely N-dealkylation sites (N-methyl/N-ethyl adjacent to an activating group) is 1. The van der Waals surface area contributed by atoms with Crippen LogP contribution in [0.1, 0.15) is 32.3 Å². The lowest BCUT2D eigenvalue weighted by molar-refractivity contribution is -0.146. The first-order chi connectivity index (χ1) is 9.93. The Bertz CT molecular complexity index is 593. The molecular formula is C17H24N3O+. The monoisotopic (exact) mass is 286 g/mol. The summed E-state index contributed by atoms with van der Waals surface area (Å²) in [6.07, 6.45) is 4.19. The minimum absolute atomic E-state index is 0.147. The highest BCUT2D eigenvalue weighted by atomic mass is 16.2. The van der Waals surface area contributed by atoms with Crippen molar-refractivity contribution in [3.63, 3.8) is 0 Å². The quantitative estimate of drug-likeness (QED) is 0.743. The van der Waals surface area contributed by atoms with Crippen LogP contribution in [0, 0.1) is 5.41 Å². The van der Waals surface area contributed by atoms with Crippen molar-refractivity contribution in [1.29, 1.82) is 0 Å². The molecule has 21 heavy (non-hydrogen) atoms. The molecule has 1 unspecified atom stereocenters. The van der Waals surface area contributed by atoms with Gasteiger partial charge in [0.05, 0.1) is 19.2 Å². The number of hydrogen-bond acceptors (Lipinski definition) is 3. The molecule has 3 rings (SSSR count). The first-order valence-electron chi connectivity index (χ1n) is 7.68. The summed E-state index contributed by atoms with van der Waals surface area (Å²) in [5, 5.41) is 2.32. The minimum atomic E-state index is 0.147. The largest absolute Gasteiger partial charge is 0.359 e. The number of rotatable bonds is 1. The summed E-state index contributed by atoms with van der Waals surface area (Å²) in [5.41, 5.74) is 2.35. The highest BCUT2D eigenvalue weighted by molar-refractivity contribution is 5.99. The number of quaternary nitrogens is 1. The van der Waals surface area contributed by atoms with Gasteiger partial charge in [0.1, 0.15) is 0 Å². The number of carbonyl (C=O) groups is 1. The van der Waals surface area contributed by atoms with Gasteiger partial charge in [-0.05, 0) is 24.3 Å². The second-order valence-electron chi connectivity index (χ2n) is 7.04. The van der Waals surface area contributed by atoms with E-state index in [0.717, 1.165) is 30.8 Å². The molecule has 2 heterocycles. The lowest BCUT2D eigenvalue weighted by Crippen LogP contribution is -2.66. The van der Waals surface area contributed by atoms with E-state index in [1.165, 1.54) is 6.42 Å². The fourth-order valence-electron chi connectivity index (χ4n) is 3.53. The van der Waals surface area contributed by atoms with Crippen molar-refractivity contribution < 1.29 is 4.79 Å². The van der Waals surface area contributed by atoms with Gasteiger partial charge in [-0.1, -0.05) is 26.0 Å². The summed E-state index contributed by atoms with van der Waals surface area (Å²) in [5.74, 6) is 0.147. The zero-order valence-corrected chi connectivity index (χ0v) is 13.2. The van der Waals surface area contributed by atoms with E-state index in [9.17, 15) is 4.79 Å². The molecule has 1 amide bonds. The van der Waals surface area contributed by atoms with Crippen molar-refractivity contribution in [2.75, 3.05) is 26.7 Å². The average Bonchev–Trinajstić information content (AvgIpc) is 2.57. The van der Waals surface area contributed by atoms with E-state index in [1.54, 1.807) is 0 Å². The van der Waals surface area contributed by atoms with Crippen LogP contribution in [-0.4, -0.2) is 43.8 Å². The molecule has 0 aromatic heterocycles. The molecule has 0 bridgehead atoms. The molecule has 4 nitrogen and oxygen atoms in total. The predicted octanol–water partition coefficient (Wildman–Crippen LogP) is 2.62. The number of benzodiazepines with no additional fused rings is 1. The zero-order chi connectivity index (χ0) is 15.1. The number of benzene rings is 1. The maximum absolute atomic E-state index is 12.8. The van der Waals surface area contributed by atoms with Crippen LogP contribution < -0.4 is 4.59 Å². The number of piperidine rings is 1. The molecule has 0 saturated carbocycles. The maximum atomic E-state index is 12.8. The molecule has 2 aliphatic rings. The molecule has 0 spiro atoms. The van der Waals surface area contributed by atoms with E-state index in [4.69, 9.17) is 0 Å². The molecule has 0 N–H and O–H groups in total. The molecule has 0 aliphatic carbocycles. The minimum Gasteiger partial charge on any atom is -0.278 e. The maximum Gasteiger partial charge on any atom is 0.359 e. The summed E-state index contributed by atoms with van der Waals surface area (Å²) >= 11 is 0. The third kappa shape index (κ3) is 2.43. The van der Waals surface area contributed by atoms with Crippen LogP contribution in [0.4, 0.5) is 5.69 Å². The van der Waals surface area contributed by atoms with Gasteiger partial charge in [-0.15, -0.1) is 9.60 Å². The van der Waals surface area contributed by atoms with Gasteiger partial charge in [0.25, 0.3) is 0 Å². The number of para-hydroxylation sites is 1. The predicted molar refractivity (Wildman–Crippen MR) is 86.2 cm³/mol. The standard InChI is InChI=1S/C17H24N3O/c1-17(2)9-6-10-19(13-17)20(3)15-8-5-4-7-14(15)11-18-12-16(20)21/h4-5,7-8,11H,6,9-10,12-13H2,1-3H3/q+1. The summed E-state index contributed by atoms with van der Waals surface area (Å²) in [6.45, 7) is 6.72. The van der Waals surface area contributed by atoms with Crippen LogP contribution in [0.25, 0.3) is 0 Å². The third-order valence-electron chi connectivity index (χ3n) is 4.79. The molecular weight excluding hydrogens is 262 g/mol. The van der Waals surface area contributed by atoms with Gasteiger partial charge < -0.3 is 0 Å². The van der Waals surface area contributed by atoms with Crippen LogP contribution in [0.3, 0.4) is 0 Å². The van der Waals surface area contributed by atoms with Crippen LogP contribution in [-0.2, 0) is 4.79 Å². The van der Waals surface area contributed by atoms with E-state index in [2.05, 4.69) is 29.9 Å². The van der Waals surface area contributed by atoms with Crippen molar-refractivity contribution in [1.82, 2.24) is 9.60 Å². The normalized spacial score (nSPS) is 29.0. The molecule has 112 valence electrons. The number of carbonyl (C=O) groups excluding carboxylic acids is 1. The van der Waals surface area contributed by atoms with Gasteiger partial charge in [0.15, 0.2) is 12.2 Å². The summed E-state index contributed by atoms with van der Waals surface area (Å²) < 4.78 is 0.250. The van der Waals surface area contributed by atoms with Crippen LogP contribution in [0.2, 0.25) is 0 Å². The van der Waals surface area contributed by atoms with Gasteiger partial charge in [0, 0.05) is 18.8 Å². The highest BCUT2D eigenvalue weighted by Gasteiger charge is 2.46. The Morgan fingerprint density at radius 1 is 1.29 bits per heavy atom. The molecule has 1 aromatic carbocycles. The van der Waals surface area contributed by atoms with Gasteiger partial charge in [-0.2, -0.15) is 0 Å². The molecule has 1 atom stereocenters. The third-order valence-corrected chi connectivity index (χ3v) is 4.79. The van der Waals surface area contributed by atoms with Crippen molar-refractivity contribution in [3.05, 3.63) is 29.8 Å². The second kappa shape index (κ2) is 5.04. The van der Waals surface area contributed by atoms with E-state index in [-0.39, 0.29) is 22.5 Å². The van der Waals surface area contributed by atoms with E-state index < -0.39 is 0 Å². The van der Waals surface area contributed by atoms with E-state index in [1.807, 2.05) is 31.5 Å². The second-order valence-corrected chi connectivity index (χ2v) is 7.04. The van der Waals surface area contributed by atoms with E-state index >= 15 is 0 Å². The Labute approximate surface area is 126 Å². The first-order valence-corrected chi connectivity index (χ1v) is 7.68. The van der Waals surface area contributed by atoms with Gasteiger partial charge in [-0.3, -0.25) is 4.99 Å². The van der Waals surface area contributed by atoms with E-state index in [0.29, 0.717) is 0 Å². The molecule has 4 heteroatoms. The van der Waals surface area contributed by atoms with Gasteiger partial charge in [0.2, 0.25) is 0 Å². The number of nitrogens with zero attached hydrogens (tertiary/aromatic N) is 3. The topological polar surface area (TPSA) is 32.7 Å². The van der Waals surface area contributed by atoms with Crippen LogP contribution in [0.15, 0.2) is 29.3 Å². The first kappa shape index (κ1) is 14.4. The van der Waals surface area contributed by atoms with Gasteiger partial charge in [-0.25, -0.2) is 4.79 Å². The summed E-state index contributed by atoms with van der Waals surface area (Å²) in [6, 6.07) is 8.12. The number of amides is 1. The Hall–Kier alpha value is -1.52. The Morgan fingerprint density at radius 2 is 2.05 bits per heavy atom. The summed E-state index contributed by atoms with van der Waals surface area (Å²) in [7, 11) is 2.03. The fraction of sp³-hybridized carbons (Fsp3) is 0.529. The SMILES string of the molecule is CC1(C)CCCN([N+]2(C)C(=O)CN=Cc3ccccc32)C1. The molecule has 2 aliphatic heterocycles. The van der Waals surface area contributed by atoms with Crippen LogP contribution in [0.5, 0.6) is 0 Å². The number of hydrogen-bond donors (Lipinski definition) is 0. The van der Waals surface area contributed by atoms with Crippen molar-refractivity contribution in [3.8, 4) is 0 Å². The Kier molecular flexibility index (Phi) is 3.46. The lowest BCUT2D eigenvalue weighted by atomic mass is 9.84. The van der Waals surface area contributed by atoms with Crippen molar-refractivity contribution in [2.24, 2.45) is 10.4 Å². The fourth-order valence-corrected chi connectivity index (χ4v) is 3.53.